The molecule has 0 aromatic carbocycles. The number of fused-ring (bicyclic) bond motifs is 2. The maximum Gasteiger partial charge on any atom is 0.410 e. The van der Waals surface area contributed by atoms with Crippen LogP contribution < -0.4 is 0 Å². The lowest BCUT2D eigenvalue weighted by atomic mass is 9.81. The van der Waals surface area contributed by atoms with E-state index in [1.165, 1.54) is 44.9 Å². The monoisotopic (exact) mass is 409 g/mol. The number of hydrogen-bond acceptors (Lipinski definition) is 4. The Hall–Kier alpha value is -1.10. The first-order chi connectivity index (χ1) is 13.8. The van der Waals surface area contributed by atoms with Gasteiger partial charge in [-0.15, -0.1) is 0 Å². The Balaban J connectivity index is 1.69. The van der Waals surface area contributed by atoms with E-state index in [2.05, 4.69) is 6.92 Å². The van der Waals surface area contributed by atoms with Gasteiger partial charge in [0.25, 0.3) is 0 Å². The molecule has 0 N–H and O–H groups in total. The van der Waals surface area contributed by atoms with Crippen LogP contribution >= 0.6 is 0 Å². The second-order valence-corrected chi connectivity index (χ2v) is 9.95. The number of ether oxygens (including phenoxy) is 2. The molecule has 0 radical (unpaired) electrons. The molecule has 5 heteroatoms. The predicted molar refractivity (Wildman–Crippen MR) is 116 cm³/mol. The minimum atomic E-state index is -0.505. The largest absolute Gasteiger partial charge is 0.444 e. The number of carbonyl (C=O) groups excluding carboxylic acids is 2. The predicted octanol–water partition coefficient (Wildman–Crippen LogP) is 5.89. The van der Waals surface area contributed by atoms with E-state index in [9.17, 15) is 9.59 Å². The van der Waals surface area contributed by atoms with Crippen LogP contribution in [0.4, 0.5) is 4.79 Å². The quantitative estimate of drug-likeness (QED) is 0.399. The molecule has 2 bridgehead atoms. The van der Waals surface area contributed by atoms with Gasteiger partial charge in [-0.2, -0.15) is 0 Å². The molecule has 2 aliphatic rings. The average molecular weight is 410 g/mol. The summed E-state index contributed by atoms with van der Waals surface area (Å²) < 4.78 is 11.3. The Morgan fingerprint density at radius 2 is 1.41 bits per heavy atom. The first-order valence-corrected chi connectivity index (χ1v) is 11.9. The molecule has 0 aromatic heterocycles. The average Bonchev–Trinajstić information content (AvgIpc) is 2.64. The standard InChI is InChI=1S/C24H43NO4/c1-5-6-7-8-9-10-11-12-13-14-22(26)19-15-20-17-28-18-21(16-19)25(20)23(27)29-24(2,3)4/h19-21H,5-18H2,1-4H3. The summed E-state index contributed by atoms with van der Waals surface area (Å²) in [4.78, 5) is 27.2. The van der Waals surface area contributed by atoms with E-state index in [1.54, 1.807) is 0 Å². The number of nitrogens with zero attached hydrogens (tertiary/aromatic N) is 1. The van der Waals surface area contributed by atoms with E-state index in [0.29, 0.717) is 38.3 Å². The highest BCUT2D eigenvalue weighted by Gasteiger charge is 2.44. The molecule has 2 aliphatic heterocycles. The van der Waals surface area contributed by atoms with Gasteiger partial charge in [-0.25, -0.2) is 4.79 Å². The summed E-state index contributed by atoms with van der Waals surface area (Å²) in [5.74, 6) is 0.454. The SMILES string of the molecule is CCCCCCCCCCCC(=O)C1CC2COCC(C1)N2C(=O)OC(C)(C)C. The summed E-state index contributed by atoms with van der Waals surface area (Å²) in [7, 11) is 0. The zero-order chi connectivity index (χ0) is 21.3. The van der Waals surface area contributed by atoms with E-state index in [4.69, 9.17) is 9.47 Å². The zero-order valence-corrected chi connectivity index (χ0v) is 19.2. The van der Waals surface area contributed by atoms with Crippen LogP contribution in [-0.4, -0.2) is 47.7 Å². The maximum absolute atomic E-state index is 12.8. The summed E-state index contributed by atoms with van der Waals surface area (Å²) in [6.45, 7) is 8.93. The third kappa shape index (κ3) is 8.27. The number of hydrogen-bond donors (Lipinski definition) is 0. The normalized spacial score (nSPS) is 24.4. The van der Waals surface area contributed by atoms with Gasteiger partial charge in [0.15, 0.2) is 0 Å². The van der Waals surface area contributed by atoms with Crippen LogP contribution in [0.15, 0.2) is 0 Å². The van der Waals surface area contributed by atoms with Gasteiger partial charge in [0.1, 0.15) is 11.4 Å². The molecule has 0 aliphatic carbocycles. The summed E-state index contributed by atoms with van der Waals surface area (Å²) in [6.07, 6.45) is 13.3. The summed E-state index contributed by atoms with van der Waals surface area (Å²) >= 11 is 0. The van der Waals surface area contributed by atoms with Crippen molar-refractivity contribution >= 4 is 11.9 Å². The van der Waals surface area contributed by atoms with Crippen molar-refractivity contribution in [2.75, 3.05) is 13.2 Å². The van der Waals surface area contributed by atoms with E-state index >= 15 is 0 Å². The van der Waals surface area contributed by atoms with Crippen molar-refractivity contribution in [3.8, 4) is 0 Å². The van der Waals surface area contributed by atoms with E-state index in [1.807, 2.05) is 25.7 Å². The van der Waals surface area contributed by atoms with Crippen molar-refractivity contribution in [2.45, 2.75) is 122 Å². The number of morpholine rings is 1. The van der Waals surface area contributed by atoms with Crippen LogP contribution in [0.3, 0.4) is 0 Å². The molecule has 2 saturated heterocycles. The molecule has 2 atom stereocenters. The number of piperidine rings is 1. The van der Waals surface area contributed by atoms with Gasteiger partial charge in [0, 0.05) is 12.3 Å². The van der Waals surface area contributed by atoms with Crippen molar-refractivity contribution in [3.63, 3.8) is 0 Å². The number of carbonyl (C=O) groups is 2. The lowest BCUT2D eigenvalue weighted by Crippen LogP contribution is -2.60. The number of amides is 1. The first-order valence-electron chi connectivity index (χ1n) is 11.9. The Kier molecular flexibility index (Phi) is 9.94. The smallest absolute Gasteiger partial charge is 0.410 e. The van der Waals surface area contributed by atoms with E-state index in [-0.39, 0.29) is 24.1 Å². The van der Waals surface area contributed by atoms with Gasteiger partial charge < -0.3 is 9.47 Å². The van der Waals surface area contributed by atoms with Crippen LogP contribution in [0, 0.1) is 5.92 Å². The Labute approximate surface area is 177 Å². The third-order valence-electron chi connectivity index (χ3n) is 6.11. The molecule has 2 rings (SSSR count). The number of Topliss-reactive ketones (excluding diaryl/α,β-unsaturated/α-hetero) is 1. The fraction of sp³-hybridized carbons (Fsp3) is 0.917. The molecule has 0 aromatic rings. The number of ketones is 1. The molecule has 2 heterocycles. The minimum Gasteiger partial charge on any atom is -0.444 e. The molecule has 5 nitrogen and oxygen atoms in total. The molecule has 2 fully saturated rings. The number of unbranched alkanes of at least 4 members (excludes halogenated alkanes) is 8. The van der Waals surface area contributed by atoms with E-state index < -0.39 is 5.60 Å². The maximum atomic E-state index is 12.8. The molecule has 1 amide bonds. The van der Waals surface area contributed by atoms with E-state index in [0.717, 1.165) is 12.8 Å². The van der Waals surface area contributed by atoms with Gasteiger partial charge in [0.2, 0.25) is 0 Å². The van der Waals surface area contributed by atoms with Gasteiger partial charge in [-0.3, -0.25) is 9.69 Å². The molecule has 0 spiro atoms. The van der Waals surface area contributed by atoms with Gasteiger partial charge >= 0.3 is 6.09 Å². The van der Waals surface area contributed by atoms with Gasteiger partial charge in [0.05, 0.1) is 25.3 Å². The van der Waals surface area contributed by atoms with Crippen LogP contribution in [0.1, 0.15) is 105 Å². The zero-order valence-electron chi connectivity index (χ0n) is 19.2. The second kappa shape index (κ2) is 11.9. The molecule has 29 heavy (non-hydrogen) atoms. The van der Waals surface area contributed by atoms with Gasteiger partial charge in [-0.05, 0) is 40.0 Å². The third-order valence-corrected chi connectivity index (χ3v) is 6.11. The van der Waals surface area contributed by atoms with Crippen molar-refractivity contribution in [3.05, 3.63) is 0 Å². The minimum absolute atomic E-state index is 0.0329. The Bertz CT molecular complexity index is 500. The molecule has 2 unspecified atom stereocenters. The fourth-order valence-electron chi connectivity index (χ4n) is 4.60. The Morgan fingerprint density at radius 3 is 1.93 bits per heavy atom. The van der Waals surface area contributed by atoms with Crippen molar-refractivity contribution in [1.82, 2.24) is 4.90 Å². The highest BCUT2D eigenvalue weighted by Crippen LogP contribution is 2.34. The summed E-state index contributed by atoms with van der Waals surface area (Å²) in [6, 6.07) is -0.0659. The van der Waals surface area contributed by atoms with Crippen molar-refractivity contribution in [2.24, 2.45) is 5.92 Å². The van der Waals surface area contributed by atoms with Crippen LogP contribution in [0.25, 0.3) is 0 Å². The first kappa shape index (κ1) is 24.2. The lowest BCUT2D eigenvalue weighted by molar-refractivity contribution is -0.132. The fourth-order valence-corrected chi connectivity index (χ4v) is 4.60. The molecular weight excluding hydrogens is 366 g/mol. The lowest BCUT2D eigenvalue weighted by Gasteiger charge is -2.47. The van der Waals surface area contributed by atoms with Crippen LogP contribution in [0.2, 0.25) is 0 Å². The Morgan fingerprint density at radius 1 is 0.897 bits per heavy atom. The number of rotatable bonds is 11. The topological polar surface area (TPSA) is 55.8 Å². The summed E-state index contributed by atoms with van der Waals surface area (Å²) in [5, 5.41) is 0. The second-order valence-electron chi connectivity index (χ2n) is 9.95. The summed E-state index contributed by atoms with van der Waals surface area (Å²) in [5.41, 5.74) is -0.505. The molecule has 168 valence electrons. The van der Waals surface area contributed by atoms with Crippen molar-refractivity contribution in [1.29, 1.82) is 0 Å². The molecule has 0 saturated carbocycles. The van der Waals surface area contributed by atoms with Crippen LogP contribution in [0.5, 0.6) is 0 Å². The van der Waals surface area contributed by atoms with Crippen molar-refractivity contribution < 1.29 is 19.1 Å². The van der Waals surface area contributed by atoms with Gasteiger partial charge in [-0.1, -0.05) is 58.3 Å². The highest BCUT2D eigenvalue weighted by atomic mass is 16.6. The molecular formula is C24H43NO4. The van der Waals surface area contributed by atoms with Crippen LogP contribution in [-0.2, 0) is 14.3 Å². The highest BCUT2D eigenvalue weighted by molar-refractivity contribution is 5.81.